The second kappa shape index (κ2) is 4.77. The first kappa shape index (κ1) is 13.2. The highest BCUT2D eigenvalue weighted by molar-refractivity contribution is 7.81. The smallest absolute Gasteiger partial charge is 0.308 e. The first-order valence-corrected chi connectivity index (χ1v) is 8.33. The van der Waals surface area contributed by atoms with Gasteiger partial charge in [-0.3, -0.25) is 9.05 Å². The van der Waals surface area contributed by atoms with E-state index in [1.54, 1.807) is 0 Å². The van der Waals surface area contributed by atoms with Crippen LogP contribution in [0.3, 0.4) is 0 Å². The Bertz CT molecular complexity index is 309. The lowest BCUT2D eigenvalue weighted by Crippen LogP contribution is -2.50. The molecule has 1 spiro atoms. The molecule has 16 heavy (non-hydrogen) atoms. The number of halogens is 2. The molecule has 9 heteroatoms. The number of hydrogen-bond acceptors (Lipinski definition) is 5. The van der Waals surface area contributed by atoms with Crippen molar-refractivity contribution in [1.82, 2.24) is 0 Å². The zero-order valence-corrected chi connectivity index (χ0v) is 11.1. The van der Waals surface area contributed by atoms with Crippen LogP contribution in [0.4, 0.5) is 4.20 Å². The zero-order valence-electron chi connectivity index (χ0n) is 8.60. The second-order valence-electron chi connectivity index (χ2n) is 3.83. The maximum atomic E-state index is 12.8. The zero-order chi connectivity index (χ0) is 11.8. The molecule has 0 aromatic carbocycles. The highest BCUT2D eigenvalue weighted by atomic mass is 35.7. The summed E-state index contributed by atoms with van der Waals surface area (Å²) in [6.07, 6.45) is 0.171. The third-order valence-electron chi connectivity index (χ3n) is 2.72. The van der Waals surface area contributed by atoms with Gasteiger partial charge in [0.05, 0.1) is 31.3 Å². The van der Waals surface area contributed by atoms with Crippen molar-refractivity contribution in [1.29, 1.82) is 0 Å². The van der Waals surface area contributed by atoms with E-state index in [0.29, 0.717) is 6.42 Å². The van der Waals surface area contributed by atoms with E-state index in [1.165, 1.54) is 0 Å². The van der Waals surface area contributed by atoms with E-state index in [-0.39, 0.29) is 19.8 Å². The summed E-state index contributed by atoms with van der Waals surface area (Å²) in [7, 11) is -2.30. The second-order valence-corrected chi connectivity index (χ2v) is 7.34. The van der Waals surface area contributed by atoms with Crippen molar-refractivity contribution in [3.63, 3.8) is 0 Å². The Hall–Kier alpha value is 0.720. The summed E-state index contributed by atoms with van der Waals surface area (Å²) < 4.78 is 44.1. The molecule has 2 aliphatic rings. The van der Waals surface area contributed by atoms with Crippen LogP contribution in [-0.2, 0) is 22.7 Å². The molecule has 0 aliphatic carbocycles. The molecule has 2 unspecified atom stereocenters. The SMILES string of the molecule is CCC1OP(=O)(Cl)OCC12COP(F)OC2. The minimum Gasteiger partial charge on any atom is -0.308 e. The first-order chi connectivity index (χ1) is 7.47. The van der Waals surface area contributed by atoms with E-state index < -0.39 is 27.2 Å². The molecule has 2 fully saturated rings. The number of hydrogen-bond donors (Lipinski definition) is 0. The third kappa shape index (κ3) is 2.59. The Balaban J connectivity index is 2.12. The van der Waals surface area contributed by atoms with Crippen LogP contribution in [0, 0.1) is 5.41 Å². The van der Waals surface area contributed by atoms with Crippen molar-refractivity contribution >= 4 is 26.9 Å². The van der Waals surface area contributed by atoms with E-state index in [2.05, 4.69) is 0 Å². The molecule has 0 aromatic heterocycles. The summed E-state index contributed by atoms with van der Waals surface area (Å²) in [5.41, 5.74) is -0.609. The summed E-state index contributed by atoms with van der Waals surface area (Å²) in [5, 5.41) is 0. The molecule has 2 saturated heterocycles. The molecule has 0 aromatic rings. The van der Waals surface area contributed by atoms with Crippen molar-refractivity contribution in [3.8, 4) is 0 Å². The Labute approximate surface area is 98.9 Å². The van der Waals surface area contributed by atoms with Gasteiger partial charge in [-0.15, -0.1) is 0 Å². The summed E-state index contributed by atoms with van der Waals surface area (Å²) in [5.74, 6) is 0. The first-order valence-electron chi connectivity index (χ1n) is 4.82. The van der Waals surface area contributed by atoms with Gasteiger partial charge >= 0.3 is 15.6 Å². The van der Waals surface area contributed by atoms with Gasteiger partial charge < -0.3 is 9.05 Å². The van der Waals surface area contributed by atoms with E-state index in [9.17, 15) is 8.76 Å². The Morgan fingerprint density at radius 1 is 1.50 bits per heavy atom. The Morgan fingerprint density at radius 3 is 2.69 bits per heavy atom. The predicted molar refractivity (Wildman–Crippen MR) is 56.9 cm³/mol. The topological polar surface area (TPSA) is 54.0 Å². The van der Waals surface area contributed by atoms with Gasteiger partial charge in [0, 0.05) is 11.2 Å². The van der Waals surface area contributed by atoms with Crippen molar-refractivity contribution in [2.24, 2.45) is 5.41 Å². The largest absolute Gasteiger partial charge is 0.424 e. The van der Waals surface area contributed by atoms with Gasteiger partial charge in [-0.25, -0.2) is 4.57 Å². The normalized spacial score (nSPS) is 49.4. The molecule has 0 radical (unpaired) electrons. The fourth-order valence-corrected chi connectivity index (χ4v) is 4.18. The minimum atomic E-state index is -3.49. The lowest BCUT2D eigenvalue weighted by Gasteiger charge is -2.45. The van der Waals surface area contributed by atoms with Crippen LogP contribution in [0.25, 0.3) is 0 Å². The fraction of sp³-hybridized carbons (Fsp3) is 1.00. The highest BCUT2D eigenvalue weighted by Gasteiger charge is 2.51. The van der Waals surface area contributed by atoms with Crippen molar-refractivity contribution in [2.45, 2.75) is 19.4 Å². The minimum absolute atomic E-state index is 0.0927. The van der Waals surface area contributed by atoms with Crippen LogP contribution < -0.4 is 0 Å². The molecule has 2 rings (SSSR count). The van der Waals surface area contributed by atoms with Crippen LogP contribution in [0.1, 0.15) is 13.3 Å². The molecule has 2 heterocycles. The average molecular weight is 293 g/mol. The quantitative estimate of drug-likeness (QED) is 0.693. The molecule has 0 N–H and O–H groups in total. The van der Waals surface area contributed by atoms with Gasteiger partial charge in [0.2, 0.25) is 0 Å². The van der Waals surface area contributed by atoms with Gasteiger partial charge in [-0.05, 0) is 6.42 Å². The van der Waals surface area contributed by atoms with Crippen molar-refractivity contribution in [2.75, 3.05) is 19.8 Å². The van der Waals surface area contributed by atoms with E-state index >= 15 is 0 Å². The van der Waals surface area contributed by atoms with Crippen LogP contribution in [-0.4, -0.2) is 25.9 Å². The Kier molecular flexibility index (Phi) is 3.92. The molecule has 5 nitrogen and oxygen atoms in total. The summed E-state index contributed by atoms with van der Waals surface area (Å²) >= 11 is 5.54. The Morgan fingerprint density at radius 2 is 2.12 bits per heavy atom. The van der Waals surface area contributed by atoms with Crippen LogP contribution in [0.15, 0.2) is 0 Å². The average Bonchev–Trinajstić information content (AvgIpc) is 2.25. The monoisotopic (exact) mass is 292 g/mol. The van der Waals surface area contributed by atoms with Gasteiger partial charge in [-0.1, -0.05) is 6.92 Å². The van der Waals surface area contributed by atoms with Crippen LogP contribution in [0.2, 0.25) is 0 Å². The molecule has 0 bridgehead atoms. The molecular formula is C7H12ClFO5P2. The molecule has 2 aliphatic heterocycles. The van der Waals surface area contributed by atoms with Crippen LogP contribution >= 0.6 is 26.9 Å². The molecule has 2 atom stereocenters. The molecule has 94 valence electrons. The lowest BCUT2D eigenvalue weighted by atomic mass is 9.83. The number of rotatable bonds is 1. The van der Waals surface area contributed by atoms with Crippen LogP contribution in [0.5, 0.6) is 0 Å². The van der Waals surface area contributed by atoms with E-state index in [4.69, 9.17) is 29.3 Å². The van der Waals surface area contributed by atoms with E-state index in [1.807, 2.05) is 6.92 Å². The summed E-state index contributed by atoms with van der Waals surface area (Å²) in [6, 6.07) is 0. The van der Waals surface area contributed by atoms with Gasteiger partial charge in [0.15, 0.2) is 0 Å². The van der Waals surface area contributed by atoms with Gasteiger partial charge in [0.25, 0.3) is 0 Å². The van der Waals surface area contributed by atoms with Gasteiger partial charge in [-0.2, -0.15) is 4.20 Å². The standard InChI is InChI=1S/C7H12ClFO5P2/c1-2-6-7(3-11-15(9)12-4-7)5-13-16(8,10)14-6/h6H,2-5H2,1H3. The van der Waals surface area contributed by atoms with Crippen molar-refractivity contribution in [3.05, 3.63) is 0 Å². The van der Waals surface area contributed by atoms with Crippen molar-refractivity contribution < 1.29 is 26.9 Å². The summed E-state index contributed by atoms with van der Waals surface area (Å²) in [6.45, 7) is -1.28. The molecular weight excluding hydrogens is 280 g/mol. The molecule has 0 saturated carbocycles. The highest BCUT2D eigenvalue weighted by Crippen LogP contribution is 2.62. The summed E-state index contributed by atoms with van der Waals surface area (Å²) in [4.78, 5) is 0. The predicted octanol–water partition coefficient (Wildman–Crippen LogP) is 3.39. The maximum Gasteiger partial charge on any atom is 0.424 e. The maximum absolute atomic E-state index is 12.8. The molecule has 0 amide bonds. The third-order valence-corrected chi connectivity index (χ3v) is 4.86. The fourth-order valence-electron chi connectivity index (χ4n) is 1.81. The lowest BCUT2D eigenvalue weighted by molar-refractivity contribution is -0.108. The van der Waals surface area contributed by atoms with Gasteiger partial charge in [0.1, 0.15) is 0 Å². The van der Waals surface area contributed by atoms with E-state index in [0.717, 1.165) is 0 Å².